The van der Waals surface area contributed by atoms with E-state index in [0.29, 0.717) is 23.8 Å². The third-order valence-corrected chi connectivity index (χ3v) is 2.62. The Morgan fingerprint density at radius 1 is 1.41 bits per heavy atom. The van der Waals surface area contributed by atoms with Gasteiger partial charge in [-0.15, -0.1) is 0 Å². The molecule has 0 fully saturated rings. The summed E-state index contributed by atoms with van der Waals surface area (Å²) >= 11 is 0. The number of aromatic amines is 1. The van der Waals surface area contributed by atoms with E-state index in [1.807, 2.05) is 27.7 Å². The third-order valence-electron chi connectivity index (χ3n) is 2.62. The summed E-state index contributed by atoms with van der Waals surface area (Å²) in [6.45, 7) is 8.30. The molecule has 0 spiro atoms. The Bertz CT molecular complexity index is 426. The zero-order chi connectivity index (χ0) is 13.0. The normalized spacial score (nSPS) is 13.0. The van der Waals surface area contributed by atoms with Crippen LogP contribution in [-0.4, -0.2) is 16.6 Å². The van der Waals surface area contributed by atoms with Gasteiger partial charge in [-0.2, -0.15) is 0 Å². The molecule has 0 radical (unpaired) electrons. The number of anilines is 1. The Balaban J connectivity index is 3.17. The Morgan fingerprint density at radius 2 is 2.06 bits per heavy atom. The van der Waals surface area contributed by atoms with Crippen LogP contribution in [0.3, 0.4) is 0 Å². The second-order valence-electron chi connectivity index (χ2n) is 4.26. The van der Waals surface area contributed by atoms with Crippen molar-refractivity contribution in [2.45, 2.75) is 46.1 Å². The quantitative estimate of drug-likeness (QED) is 0.823. The topological polar surface area (TPSA) is 81.0 Å². The van der Waals surface area contributed by atoms with Crippen molar-refractivity contribution in [3.63, 3.8) is 0 Å². The van der Waals surface area contributed by atoms with Crippen molar-refractivity contribution in [3.05, 3.63) is 21.7 Å². The number of nitrogen functional groups attached to an aromatic ring is 1. The SMILES string of the molecule is CCOC(CC)c1nc(N)c(C(C)C)c(=O)[nH]1. The summed E-state index contributed by atoms with van der Waals surface area (Å²) in [6.07, 6.45) is 0.549. The lowest BCUT2D eigenvalue weighted by atomic mass is 10.1. The molecule has 0 aromatic carbocycles. The molecule has 0 aliphatic rings. The van der Waals surface area contributed by atoms with Crippen molar-refractivity contribution in [1.82, 2.24) is 9.97 Å². The number of nitrogens with zero attached hydrogens (tertiary/aromatic N) is 1. The van der Waals surface area contributed by atoms with Gasteiger partial charge in [0, 0.05) is 6.61 Å². The van der Waals surface area contributed by atoms with Crippen LogP contribution in [0.4, 0.5) is 5.82 Å². The molecule has 1 aromatic heterocycles. The molecule has 1 aromatic rings. The molecule has 1 unspecified atom stereocenters. The van der Waals surface area contributed by atoms with Gasteiger partial charge in [0.25, 0.3) is 5.56 Å². The molecule has 1 heterocycles. The highest BCUT2D eigenvalue weighted by Gasteiger charge is 2.17. The molecule has 1 atom stereocenters. The lowest BCUT2D eigenvalue weighted by Crippen LogP contribution is -2.23. The maximum absolute atomic E-state index is 11.9. The molecule has 0 bridgehead atoms. The van der Waals surface area contributed by atoms with Crippen LogP contribution in [0.15, 0.2) is 4.79 Å². The minimum Gasteiger partial charge on any atom is -0.383 e. The van der Waals surface area contributed by atoms with E-state index in [1.165, 1.54) is 0 Å². The van der Waals surface area contributed by atoms with Crippen LogP contribution in [0.1, 0.15) is 57.5 Å². The predicted molar refractivity (Wildman–Crippen MR) is 68.0 cm³/mol. The predicted octanol–water partition coefficient (Wildman–Crippen LogP) is 1.96. The highest BCUT2D eigenvalue weighted by Crippen LogP contribution is 2.20. The Kier molecular flexibility index (Phi) is 4.69. The van der Waals surface area contributed by atoms with Gasteiger partial charge >= 0.3 is 0 Å². The molecule has 0 saturated heterocycles. The lowest BCUT2D eigenvalue weighted by molar-refractivity contribution is 0.0533. The lowest BCUT2D eigenvalue weighted by Gasteiger charge is -2.16. The number of H-pyrrole nitrogens is 1. The molecule has 5 heteroatoms. The van der Waals surface area contributed by atoms with E-state index >= 15 is 0 Å². The van der Waals surface area contributed by atoms with Crippen molar-refractivity contribution in [1.29, 1.82) is 0 Å². The molecule has 0 amide bonds. The summed E-state index contributed by atoms with van der Waals surface area (Å²) in [5.74, 6) is 0.880. The second-order valence-corrected chi connectivity index (χ2v) is 4.26. The second kappa shape index (κ2) is 5.82. The molecule has 0 saturated carbocycles. The largest absolute Gasteiger partial charge is 0.383 e. The molecule has 5 nitrogen and oxygen atoms in total. The number of nitrogens with one attached hydrogen (secondary N) is 1. The first-order valence-corrected chi connectivity index (χ1v) is 6.02. The molecule has 0 aliphatic carbocycles. The maximum atomic E-state index is 11.9. The summed E-state index contributed by atoms with van der Waals surface area (Å²) < 4.78 is 5.50. The van der Waals surface area contributed by atoms with E-state index < -0.39 is 0 Å². The molecular formula is C12H21N3O2. The number of ether oxygens (including phenoxy) is 1. The number of nitrogens with two attached hydrogens (primary N) is 1. The standard InChI is InChI=1S/C12H21N3O2/c1-5-8(17-6-2)11-14-10(13)9(7(3)4)12(16)15-11/h7-8H,5-6H2,1-4H3,(H3,13,14,15,16). The highest BCUT2D eigenvalue weighted by molar-refractivity contribution is 5.39. The summed E-state index contributed by atoms with van der Waals surface area (Å²) in [5, 5.41) is 0. The molecule has 3 N–H and O–H groups in total. The molecule has 1 rings (SSSR count). The molecule has 96 valence electrons. The Labute approximate surface area is 101 Å². The molecule has 0 aliphatic heterocycles. The van der Waals surface area contributed by atoms with Crippen molar-refractivity contribution in [3.8, 4) is 0 Å². The van der Waals surface area contributed by atoms with Gasteiger partial charge in [0.2, 0.25) is 0 Å². The summed E-state index contributed by atoms with van der Waals surface area (Å²) in [4.78, 5) is 18.9. The van der Waals surface area contributed by atoms with Crippen LogP contribution in [0.5, 0.6) is 0 Å². The van der Waals surface area contributed by atoms with Gasteiger partial charge in [0.15, 0.2) is 0 Å². The highest BCUT2D eigenvalue weighted by atomic mass is 16.5. The average molecular weight is 239 g/mol. The van der Waals surface area contributed by atoms with Crippen LogP contribution >= 0.6 is 0 Å². The van der Waals surface area contributed by atoms with Crippen molar-refractivity contribution in [2.75, 3.05) is 12.3 Å². The van der Waals surface area contributed by atoms with Gasteiger partial charge < -0.3 is 15.5 Å². The summed E-state index contributed by atoms with van der Waals surface area (Å²) in [5.41, 5.74) is 6.20. The summed E-state index contributed by atoms with van der Waals surface area (Å²) in [7, 11) is 0. The van der Waals surface area contributed by atoms with E-state index in [1.54, 1.807) is 0 Å². The van der Waals surface area contributed by atoms with Crippen molar-refractivity contribution in [2.24, 2.45) is 0 Å². The maximum Gasteiger partial charge on any atom is 0.256 e. The van der Waals surface area contributed by atoms with E-state index in [4.69, 9.17) is 10.5 Å². The minimum atomic E-state index is -0.198. The van der Waals surface area contributed by atoms with Crippen molar-refractivity contribution >= 4 is 5.82 Å². The van der Waals surface area contributed by atoms with Gasteiger partial charge in [0.05, 0.1) is 5.56 Å². The fraction of sp³-hybridized carbons (Fsp3) is 0.667. The van der Waals surface area contributed by atoms with Crippen LogP contribution in [0, 0.1) is 0 Å². The average Bonchev–Trinajstić information content (AvgIpc) is 2.24. The van der Waals surface area contributed by atoms with Crippen LogP contribution < -0.4 is 11.3 Å². The van der Waals surface area contributed by atoms with E-state index in [9.17, 15) is 4.79 Å². The summed E-state index contributed by atoms with van der Waals surface area (Å²) in [6, 6.07) is 0. The number of hydrogen-bond acceptors (Lipinski definition) is 4. The Hall–Kier alpha value is -1.36. The van der Waals surface area contributed by atoms with Crippen LogP contribution in [0.2, 0.25) is 0 Å². The van der Waals surface area contributed by atoms with Gasteiger partial charge in [-0.3, -0.25) is 4.79 Å². The molecular weight excluding hydrogens is 218 g/mol. The van der Waals surface area contributed by atoms with E-state index in [0.717, 1.165) is 6.42 Å². The fourth-order valence-corrected chi connectivity index (χ4v) is 1.82. The molecule has 17 heavy (non-hydrogen) atoms. The minimum absolute atomic E-state index is 0.0625. The smallest absolute Gasteiger partial charge is 0.256 e. The zero-order valence-electron chi connectivity index (χ0n) is 10.9. The Morgan fingerprint density at radius 3 is 2.47 bits per heavy atom. The van der Waals surface area contributed by atoms with Crippen LogP contribution in [0.25, 0.3) is 0 Å². The van der Waals surface area contributed by atoms with Crippen LogP contribution in [-0.2, 0) is 4.74 Å². The first-order valence-electron chi connectivity index (χ1n) is 6.02. The number of hydrogen-bond donors (Lipinski definition) is 2. The van der Waals surface area contributed by atoms with Gasteiger partial charge in [0.1, 0.15) is 17.7 Å². The first kappa shape index (κ1) is 13.7. The van der Waals surface area contributed by atoms with Gasteiger partial charge in [-0.25, -0.2) is 4.98 Å². The van der Waals surface area contributed by atoms with E-state index in [2.05, 4.69) is 9.97 Å². The number of rotatable bonds is 5. The zero-order valence-corrected chi connectivity index (χ0v) is 10.9. The van der Waals surface area contributed by atoms with Gasteiger partial charge in [-0.05, 0) is 19.3 Å². The fourth-order valence-electron chi connectivity index (χ4n) is 1.82. The number of aromatic nitrogens is 2. The van der Waals surface area contributed by atoms with Crippen molar-refractivity contribution < 1.29 is 4.74 Å². The third kappa shape index (κ3) is 3.06. The first-order chi connectivity index (χ1) is 8.01. The van der Waals surface area contributed by atoms with Gasteiger partial charge in [-0.1, -0.05) is 20.8 Å². The monoisotopic (exact) mass is 239 g/mol. The van der Waals surface area contributed by atoms with E-state index in [-0.39, 0.29) is 17.6 Å².